The van der Waals surface area contributed by atoms with Crippen LogP contribution in [0.1, 0.15) is 33.1 Å². The number of hydrogen-bond donors (Lipinski definition) is 0. The van der Waals surface area contributed by atoms with Gasteiger partial charge in [-0.25, -0.2) is 0 Å². The van der Waals surface area contributed by atoms with Gasteiger partial charge in [0, 0.05) is 5.92 Å². The van der Waals surface area contributed by atoms with Gasteiger partial charge in [-0.2, -0.15) is 0 Å². The molecule has 2 rings (SSSR count). The Bertz CT molecular complexity index is 254. The molecular formula is C13H20O. The molecule has 0 radical (unpaired) electrons. The monoisotopic (exact) mass is 192 g/mol. The third kappa shape index (κ3) is 1.43. The smallest absolute Gasteiger partial charge is 0.123 e. The van der Waals surface area contributed by atoms with Crippen LogP contribution in [0.3, 0.4) is 0 Å². The standard InChI is InChI=1S/C13H20O/c1-4-11-10(8-14)5-9-6-13(2,3)7-12(9)11/h4,8-12H,1,5-7H2,2-3H3. The molecule has 0 aromatic heterocycles. The predicted molar refractivity (Wildman–Crippen MR) is 57.9 cm³/mol. The zero-order valence-corrected chi connectivity index (χ0v) is 9.20. The zero-order valence-electron chi connectivity index (χ0n) is 9.20. The zero-order chi connectivity index (χ0) is 10.3. The molecule has 0 amide bonds. The highest BCUT2D eigenvalue weighted by atomic mass is 16.1. The van der Waals surface area contributed by atoms with E-state index in [0.717, 1.165) is 24.5 Å². The summed E-state index contributed by atoms with van der Waals surface area (Å²) in [5, 5.41) is 0. The van der Waals surface area contributed by atoms with Crippen LogP contribution in [0, 0.1) is 29.1 Å². The molecule has 0 heterocycles. The van der Waals surface area contributed by atoms with E-state index in [1.165, 1.54) is 12.8 Å². The van der Waals surface area contributed by atoms with Crippen LogP contribution in [0.15, 0.2) is 12.7 Å². The number of rotatable bonds is 2. The number of fused-ring (bicyclic) bond motifs is 1. The maximum absolute atomic E-state index is 10.9. The fraction of sp³-hybridized carbons (Fsp3) is 0.769. The highest BCUT2D eigenvalue weighted by molar-refractivity contribution is 5.55. The van der Waals surface area contributed by atoms with Crippen LogP contribution in [0.4, 0.5) is 0 Å². The predicted octanol–water partition coefficient (Wildman–Crippen LogP) is 3.06. The molecule has 2 fully saturated rings. The lowest BCUT2D eigenvalue weighted by molar-refractivity contribution is -0.111. The van der Waals surface area contributed by atoms with E-state index in [-0.39, 0.29) is 5.92 Å². The summed E-state index contributed by atoms with van der Waals surface area (Å²) in [5.41, 5.74) is 0.491. The highest BCUT2D eigenvalue weighted by Gasteiger charge is 2.49. The van der Waals surface area contributed by atoms with Gasteiger partial charge in [-0.05, 0) is 42.4 Å². The van der Waals surface area contributed by atoms with E-state index in [2.05, 4.69) is 20.4 Å². The van der Waals surface area contributed by atoms with E-state index in [0.29, 0.717) is 11.3 Å². The average Bonchev–Trinajstić information content (AvgIpc) is 2.55. The van der Waals surface area contributed by atoms with Crippen LogP contribution in [-0.2, 0) is 4.79 Å². The van der Waals surface area contributed by atoms with Crippen LogP contribution in [-0.4, -0.2) is 6.29 Å². The van der Waals surface area contributed by atoms with Gasteiger partial charge in [-0.3, -0.25) is 0 Å². The van der Waals surface area contributed by atoms with Crippen molar-refractivity contribution in [1.82, 2.24) is 0 Å². The molecule has 0 saturated heterocycles. The van der Waals surface area contributed by atoms with Crippen molar-refractivity contribution >= 4 is 6.29 Å². The first-order valence-corrected chi connectivity index (χ1v) is 5.65. The van der Waals surface area contributed by atoms with Crippen LogP contribution < -0.4 is 0 Å². The van der Waals surface area contributed by atoms with E-state index >= 15 is 0 Å². The van der Waals surface area contributed by atoms with Crippen molar-refractivity contribution in [1.29, 1.82) is 0 Å². The molecule has 0 spiro atoms. The normalized spacial score (nSPS) is 44.7. The molecule has 0 aliphatic heterocycles. The molecule has 14 heavy (non-hydrogen) atoms. The third-order valence-electron chi connectivity index (χ3n) is 4.22. The largest absolute Gasteiger partial charge is 0.303 e. The Labute approximate surface area is 86.6 Å². The first kappa shape index (κ1) is 9.95. The Morgan fingerprint density at radius 1 is 1.36 bits per heavy atom. The fourth-order valence-corrected chi connectivity index (χ4v) is 3.78. The Kier molecular flexibility index (Phi) is 2.29. The molecule has 1 heteroatoms. The molecule has 2 aliphatic carbocycles. The Morgan fingerprint density at radius 2 is 2.07 bits per heavy atom. The minimum atomic E-state index is 0.263. The number of allylic oxidation sites excluding steroid dienone is 1. The van der Waals surface area contributed by atoms with Crippen LogP contribution in [0.25, 0.3) is 0 Å². The molecule has 1 nitrogen and oxygen atoms in total. The maximum atomic E-state index is 10.9. The van der Waals surface area contributed by atoms with Gasteiger partial charge in [-0.1, -0.05) is 19.9 Å². The number of hydrogen-bond acceptors (Lipinski definition) is 1. The van der Waals surface area contributed by atoms with Gasteiger partial charge in [0.25, 0.3) is 0 Å². The molecule has 0 aromatic rings. The van der Waals surface area contributed by atoms with Gasteiger partial charge in [0.2, 0.25) is 0 Å². The molecule has 0 N–H and O–H groups in total. The topological polar surface area (TPSA) is 17.1 Å². The lowest BCUT2D eigenvalue weighted by atomic mass is 9.83. The minimum Gasteiger partial charge on any atom is -0.303 e. The summed E-state index contributed by atoms with van der Waals surface area (Å²) in [6.07, 6.45) is 6.85. The highest BCUT2D eigenvalue weighted by Crippen LogP contribution is 2.56. The van der Waals surface area contributed by atoms with Crippen molar-refractivity contribution in [2.45, 2.75) is 33.1 Å². The molecule has 4 unspecified atom stereocenters. The summed E-state index contributed by atoms with van der Waals surface area (Å²) in [6, 6.07) is 0. The Hall–Kier alpha value is -0.590. The van der Waals surface area contributed by atoms with Crippen LogP contribution in [0.2, 0.25) is 0 Å². The second-order valence-corrected chi connectivity index (χ2v) is 5.85. The minimum absolute atomic E-state index is 0.263. The maximum Gasteiger partial charge on any atom is 0.123 e. The lowest BCUT2D eigenvalue weighted by Crippen LogP contribution is -2.16. The van der Waals surface area contributed by atoms with E-state index < -0.39 is 0 Å². The second kappa shape index (κ2) is 3.22. The van der Waals surface area contributed by atoms with Crippen molar-refractivity contribution in [3.05, 3.63) is 12.7 Å². The summed E-state index contributed by atoms with van der Waals surface area (Å²) in [6.45, 7) is 8.59. The van der Waals surface area contributed by atoms with Crippen molar-refractivity contribution in [3.8, 4) is 0 Å². The van der Waals surface area contributed by atoms with E-state index in [1.807, 2.05) is 6.08 Å². The molecule has 78 valence electrons. The van der Waals surface area contributed by atoms with Gasteiger partial charge >= 0.3 is 0 Å². The van der Waals surface area contributed by atoms with Gasteiger partial charge < -0.3 is 4.79 Å². The summed E-state index contributed by atoms with van der Waals surface area (Å²) >= 11 is 0. The van der Waals surface area contributed by atoms with Crippen LogP contribution in [0.5, 0.6) is 0 Å². The van der Waals surface area contributed by atoms with Crippen molar-refractivity contribution in [3.63, 3.8) is 0 Å². The average molecular weight is 192 g/mol. The number of carbonyl (C=O) groups excluding carboxylic acids is 1. The van der Waals surface area contributed by atoms with E-state index in [9.17, 15) is 4.79 Å². The lowest BCUT2D eigenvalue weighted by Gasteiger charge is -2.22. The summed E-state index contributed by atoms with van der Waals surface area (Å²) in [7, 11) is 0. The van der Waals surface area contributed by atoms with Gasteiger partial charge in [-0.15, -0.1) is 6.58 Å². The van der Waals surface area contributed by atoms with Gasteiger partial charge in [0.1, 0.15) is 6.29 Å². The van der Waals surface area contributed by atoms with Gasteiger partial charge in [0.05, 0.1) is 0 Å². The van der Waals surface area contributed by atoms with E-state index in [4.69, 9.17) is 0 Å². The summed E-state index contributed by atoms with van der Waals surface area (Å²) in [4.78, 5) is 10.9. The molecule has 2 aliphatic rings. The quantitative estimate of drug-likeness (QED) is 0.485. The summed E-state index contributed by atoms with van der Waals surface area (Å²) < 4.78 is 0. The number of carbonyl (C=O) groups is 1. The molecular weight excluding hydrogens is 172 g/mol. The van der Waals surface area contributed by atoms with Gasteiger partial charge in [0.15, 0.2) is 0 Å². The molecule has 2 saturated carbocycles. The fourth-order valence-electron chi connectivity index (χ4n) is 3.78. The van der Waals surface area contributed by atoms with Crippen molar-refractivity contribution < 1.29 is 4.79 Å². The first-order valence-electron chi connectivity index (χ1n) is 5.65. The Balaban J connectivity index is 2.17. The van der Waals surface area contributed by atoms with Crippen LogP contribution >= 0.6 is 0 Å². The first-order chi connectivity index (χ1) is 6.57. The second-order valence-electron chi connectivity index (χ2n) is 5.85. The summed E-state index contributed by atoms with van der Waals surface area (Å²) in [5.74, 6) is 2.23. The molecule has 0 aromatic carbocycles. The van der Waals surface area contributed by atoms with Crippen molar-refractivity contribution in [2.24, 2.45) is 29.1 Å². The molecule has 0 bridgehead atoms. The third-order valence-corrected chi connectivity index (χ3v) is 4.22. The SMILES string of the molecule is C=CC1C(C=O)CC2CC(C)(C)CC21. The Morgan fingerprint density at radius 3 is 2.64 bits per heavy atom. The molecule has 4 atom stereocenters. The van der Waals surface area contributed by atoms with Crippen molar-refractivity contribution in [2.75, 3.05) is 0 Å². The number of aldehydes is 1. The van der Waals surface area contributed by atoms with E-state index in [1.54, 1.807) is 0 Å².